The van der Waals surface area contributed by atoms with Gasteiger partial charge in [0.25, 0.3) is 0 Å². The second-order valence-electron chi connectivity index (χ2n) is 16.0. The van der Waals surface area contributed by atoms with E-state index in [1.807, 2.05) is 30.3 Å². The van der Waals surface area contributed by atoms with Gasteiger partial charge in [-0.3, -0.25) is 18.3 Å². The topological polar surface area (TPSA) is 32.9 Å². The Hall–Kier alpha value is -8.39. The summed E-state index contributed by atoms with van der Waals surface area (Å²) in [4.78, 5) is 0. The summed E-state index contributed by atoms with van der Waals surface area (Å²) in [6.45, 7) is 0. The van der Waals surface area contributed by atoms with E-state index in [9.17, 15) is 8.78 Å². The number of fused-ring (bicyclic) bond motifs is 13. The highest BCUT2D eigenvalue weighted by Crippen LogP contribution is 2.46. The van der Waals surface area contributed by atoms with Crippen LogP contribution in [0.2, 0.25) is 0 Å². The largest absolute Gasteiger partial charge is 0.454 e. The Morgan fingerprint density at radius 1 is 0.333 bits per heavy atom. The molecule has 0 radical (unpaired) electrons. The fraction of sp³-hybridized carbons (Fsp3) is 0. The van der Waals surface area contributed by atoms with E-state index in [-0.39, 0.29) is 11.2 Å². The molecule has 5 aromatic heterocycles. The average molecular weight is 891 g/mol. The van der Waals surface area contributed by atoms with Crippen LogP contribution in [0.25, 0.3) is 110 Å². The van der Waals surface area contributed by atoms with Crippen LogP contribution < -0.4 is 0 Å². The summed E-state index contributed by atoms with van der Waals surface area (Å²) in [7, 11) is 0. The summed E-state index contributed by atoms with van der Waals surface area (Å²) in [6, 6.07) is 39.2. The second kappa shape index (κ2) is 13.3. The van der Waals surface area contributed by atoms with Crippen molar-refractivity contribution in [1.82, 2.24) is 18.3 Å². The highest BCUT2D eigenvalue weighted by molar-refractivity contribution is 6.24. The Labute approximate surface area is 363 Å². The summed E-state index contributed by atoms with van der Waals surface area (Å²) < 4.78 is 149. The molecule has 0 saturated carbocycles. The third-order valence-electron chi connectivity index (χ3n) is 12.6. The average Bonchev–Trinajstić information content (AvgIpc) is 4.14. The predicted molar refractivity (Wildman–Crippen MR) is 236 cm³/mol. The molecule has 14 heteroatoms. The lowest BCUT2D eigenvalue weighted by molar-refractivity contribution is 0.376. The Morgan fingerprint density at radius 3 is 1.36 bits per heavy atom. The summed E-state index contributed by atoms with van der Waals surface area (Å²) in [6.07, 6.45) is 0. The van der Waals surface area contributed by atoms with Crippen LogP contribution in [0.4, 0.5) is 39.5 Å². The Bertz CT molecular complexity index is 4280. The fourth-order valence-corrected chi connectivity index (χ4v) is 9.97. The Balaban J connectivity index is 1.12. The molecule has 13 aromatic rings. The summed E-state index contributed by atoms with van der Waals surface area (Å²) in [5.41, 5.74) is 2.14. The van der Waals surface area contributed by atoms with Crippen molar-refractivity contribution in [3.63, 3.8) is 0 Å². The second-order valence-corrected chi connectivity index (χ2v) is 16.0. The van der Waals surface area contributed by atoms with Gasteiger partial charge in [-0.25, -0.2) is 39.5 Å². The molecule has 0 amide bonds. The van der Waals surface area contributed by atoms with Crippen LogP contribution in [-0.2, 0) is 0 Å². The molecule has 0 spiro atoms. The van der Waals surface area contributed by atoms with Gasteiger partial charge in [0.2, 0.25) is 5.82 Å². The summed E-state index contributed by atoms with van der Waals surface area (Å²) >= 11 is 0. The number of para-hydroxylation sites is 5. The number of halogens is 9. The molecule has 320 valence electrons. The molecule has 0 saturated heterocycles. The summed E-state index contributed by atoms with van der Waals surface area (Å²) in [5.74, 6) is -17.5. The number of hydrogen-bond donors (Lipinski definition) is 0. The molecule has 8 aromatic carbocycles. The minimum atomic E-state index is -2.28. The number of benzene rings is 8. The number of rotatable bonds is 4. The van der Waals surface area contributed by atoms with Crippen LogP contribution in [-0.4, -0.2) is 18.3 Å². The van der Waals surface area contributed by atoms with E-state index in [1.54, 1.807) is 112 Å². The van der Waals surface area contributed by atoms with Crippen molar-refractivity contribution in [2.75, 3.05) is 0 Å². The van der Waals surface area contributed by atoms with Crippen molar-refractivity contribution >= 4 is 87.6 Å². The van der Waals surface area contributed by atoms with Gasteiger partial charge in [0.15, 0.2) is 52.1 Å². The highest BCUT2D eigenvalue weighted by Gasteiger charge is 2.32. The van der Waals surface area contributed by atoms with Crippen molar-refractivity contribution in [2.24, 2.45) is 0 Å². The van der Waals surface area contributed by atoms with Gasteiger partial charge in [-0.1, -0.05) is 84.9 Å². The van der Waals surface area contributed by atoms with E-state index in [4.69, 9.17) is 4.42 Å². The SMILES string of the molecule is Fc1cc(-n2c3ccccc3c3c4ccccc4n(-c4cccc5c4oc4ccc(-n6c7ccccc7c7c8ccccc8n(-c8c(F)c(F)c(F)c(F)c8F)c76)cc45)c32)c(F)c(F)c1F. The van der Waals surface area contributed by atoms with Gasteiger partial charge in [-0.05, 0) is 48.5 Å². The van der Waals surface area contributed by atoms with Gasteiger partial charge in [-0.2, -0.15) is 0 Å². The van der Waals surface area contributed by atoms with Gasteiger partial charge in [0.1, 0.15) is 22.6 Å². The first-order valence-electron chi connectivity index (χ1n) is 20.4. The van der Waals surface area contributed by atoms with Crippen molar-refractivity contribution in [3.8, 4) is 22.7 Å². The number of hydrogen-bond acceptors (Lipinski definition) is 1. The van der Waals surface area contributed by atoms with E-state index in [0.29, 0.717) is 93.9 Å². The van der Waals surface area contributed by atoms with E-state index < -0.39 is 63.7 Å². The quantitative estimate of drug-likeness (QED) is 0.0984. The molecule has 0 aliphatic rings. The lowest BCUT2D eigenvalue weighted by Gasteiger charge is -2.15. The molecule has 66 heavy (non-hydrogen) atoms. The first kappa shape index (κ1) is 38.1. The van der Waals surface area contributed by atoms with Crippen LogP contribution >= 0.6 is 0 Å². The maximum atomic E-state index is 15.9. The molecule has 13 rings (SSSR count). The third-order valence-corrected chi connectivity index (χ3v) is 12.6. The van der Waals surface area contributed by atoms with Gasteiger partial charge < -0.3 is 4.42 Å². The molecular weight excluding hydrogens is 868 g/mol. The summed E-state index contributed by atoms with van der Waals surface area (Å²) in [5, 5.41) is 4.75. The van der Waals surface area contributed by atoms with Crippen LogP contribution in [0.15, 0.2) is 144 Å². The van der Waals surface area contributed by atoms with Gasteiger partial charge in [0.05, 0.1) is 33.4 Å². The lowest BCUT2D eigenvalue weighted by atomic mass is 10.1. The molecule has 0 aliphatic carbocycles. The monoisotopic (exact) mass is 890 g/mol. The molecule has 5 heterocycles. The highest BCUT2D eigenvalue weighted by atomic mass is 19.2. The van der Waals surface area contributed by atoms with Crippen molar-refractivity contribution in [1.29, 1.82) is 0 Å². The van der Waals surface area contributed by atoms with Crippen LogP contribution in [0.1, 0.15) is 0 Å². The fourth-order valence-electron chi connectivity index (χ4n) is 9.97. The molecule has 0 unspecified atom stereocenters. The van der Waals surface area contributed by atoms with Crippen LogP contribution in [0.5, 0.6) is 0 Å². The molecule has 0 bridgehead atoms. The molecular formula is C52H23F9N4O. The Morgan fingerprint density at radius 2 is 0.788 bits per heavy atom. The molecule has 0 N–H and O–H groups in total. The molecule has 0 aliphatic heterocycles. The van der Waals surface area contributed by atoms with Crippen molar-refractivity contribution < 1.29 is 43.9 Å². The van der Waals surface area contributed by atoms with Crippen LogP contribution in [0, 0.1) is 52.4 Å². The number of furan rings is 1. The van der Waals surface area contributed by atoms with Crippen molar-refractivity contribution in [3.05, 3.63) is 192 Å². The molecule has 0 atom stereocenters. The number of aromatic nitrogens is 4. The third kappa shape index (κ3) is 4.76. The van der Waals surface area contributed by atoms with E-state index in [0.717, 1.165) is 4.57 Å². The maximum Gasteiger partial charge on any atom is 0.200 e. The van der Waals surface area contributed by atoms with Gasteiger partial charge in [0, 0.05) is 54.8 Å². The maximum absolute atomic E-state index is 15.9. The minimum Gasteiger partial charge on any atom is -0.454 e. The Kier molecular flexibility index (Phi) is 7.69. The van der Waals surface area contributed by atoms with Gasteiger partial charge >= 0.3 is 0 Å². The smallest absolute Gasteiger partial charge is 0.200 e. The van der Waals surface area contributed by atoms with Crippen LogP contribution in [0.3, 0.4) is 0 Å². The first-order valence-corrected chi connectivity index (χ1v) is 20.4. The van der Waals surface area contributed by atoms with Gasteiger partial charge in [-0.15, -0.1) is 0 Å². The number of nitrogens with zero attached hydrogens (tertiary/aromatic N) is 4. The van der Waals surface area contributed by atoms with Crippen molar-refractivity contribution in [2.45, 2.75) is 0 Å². The molecule has 0 fully saturated rings. The zero-order chi connectivity index (χ0) is 45.0. The van der Waals surface area contributed by atoms with E-state index >= 15 is 30.7 Å². The first-order chi connectivity index (χ1) is 32.0. The predicted octanol–water partition coefficient (Wildman–Crippen LogP) is 14.9. The zero-order valence-electron chi connectivity index (χ0n) is 33.4. The molecule has 5 nitrogen and oxygen atoms in total. The zero-order valence-corrected chi connectivity index (χ0v) is 33.4. The van der Waals surface area contributed by atoms with E-state index in [2.05, 4.69) is 0 Å². The normalized spacial score (nSPS) is 12.3. The lowest BCUT2D eigenvalue weighted by Crippen LogP contribution is -2.11. The standard InChI is InChI=1S/C52H23F9N4O/c53-31-23-37(42(55)43(56)41(31)54)64-34-17-7-3-12-28(34)40-27-11-2-6-16-33(27)63(52(40)64)36-19-9-14-25-30-22-24(20-21-38(30)66-50(25)36)62-32-15-5-1-10-26(32)39-29-13-4-8-18-35(29)65(51(39)62)49-47(60)45(58)44(57)46(59)48(49)61/h1-23H. The van der Waals surface area contributed by atoms with E-state index in [1.165, 1.54) is 4.57 Å². The minimum absolute atomic E-state index is 0.128.